The molecule has 5 aliphatic rings. The number of hydrogen-bond acceptors (Lipinski definition) is 10. The SMILES string of the molecule is CC1(C)OB(B2OC(C)(C)C(C)(C)O2)OC1(C)C.COc1cccc(CN2CCN(c3ccc(B4OC(C)(C)C(C)(C)O4)cc3)C2=O)c1.COc1cccc(CN2CCN(c3ccc(Br)cc3)C2=O)c1. The van der Waals surface area contributed by atoms with Crippen molar-refractivity contribution in [2.24, 2.45) is 0 Å². The second-order valence-electron chi connectivity index (χ2n) is 21.3. The molecular weight excluding hydrogens is 953 g/mol. The lowest BCUT2D eigenvalue weighted by molar-refractivity contribution is 0.00578. The van der Waals surface area contributed by atoms with Gasteiger partial charge in [0.05, 0.1) is 47.8 Å². The van der Waals surface area contributed by atoms with E-state index in [1.165, 1.54) is 0 Å². The molecule has 18 heteroatoms. The molecule has 0 aromatic heterocycles. The van der Waals surface area contributed by atoms with Gasteiger partial charge in [-0.3, -0.25) is 9.80 Å². The van der Waals surface area contributed by atoms with Crippen LogP contribution >= 0.6 is 15.9 Å². The molecule has 0 spiro atoms. The van der Waals surface area contributed by atoms with Crippen LogP contribution in [0.3, 0.4) is 0 Å². The summed E-state index contributed by atoms with van der Waals surface area (Å²) < 4.78 is 47.6. The van der Waals surface area contributed by atoms with Gasteiger partial charge in [0.15, 0.2) is 0 Å². The maximum absolute atomic E-state index is 12.9. The van der Waals surface area contributed by atoms with Crippen LogP contribution in [0.25, 0.3) is 0 Å². The van der Waals surface area contributed by atoms with Gasteiger partial charge in [-0.25, -0.2) is 9.59 Å². The molecule has 5 heterocycles. The summed E-state index contributed by atoms with van der Waals surface area (Å²) >= 11 is 3.41. The van der Waals surface area contributed by atoms with Gasteiger partial charge < -0.3 is 47.2 Å². The highest BCUT2D eigenvalue weighted by Crippen LogP contribution is 2.43. The number of hydrogen-bond donors (Lipinski definition) is 0. The molecule has 70 heavy (non-hydrogen) atoms. The molecule has 0 bridgehead atoms. The van der Waals surface area contributed by atoms with Gasteiger partial charge in [-0.15, -0.1) is 0 Å². The van der Waals surface area contributed by atoms with Crippen molar-refractivity contribution >= 4 is 66.0 Å². The number of carbonyl (C=O) groups excluding carboxylic acids is 2. The Kier molecular flexibility index (Phi) is 15.6. The van der Waals surface area contributed by atoms with E-state index in [9.17, 15) is 9.59 Å². The average Bonchev–Trinajstić information content (AvgIpc) is 4.03. The molecule has 4 amide bonds. The summed E-state index contributed by atoms with van der Waals surface area (Å²) in [6, 6.07) is 31.4. The van der Waals surface area contributed by atoms with Crippen molar-refractivity contribution in [2.75, 3.05) is 50.2 Å². The van der Waals surface area contributed by atoms with Gasteiger partial charge in [0.1, 0.15) is 11.5 Å². The van der Waals surface area contributed by atoms with Crippen molar-refractivity contribution in [3.8, 4) is 11.5 Å². The lowest BCUT2D eigenvalue weighted by atomic mass is 9.49. The van der Waals surface area contributed by atoms with Gasteiger partial charge in [-0.05, 0) is 160 Å². The Hall–Kier alpha value is -4.55. The number of anilines is 2. The minimum absolute atomic E-state index is 0.0150. The Bertz CT molecular complexity index is 2390. The van der Waals surface area contributed by atoms with Gasteiger partial charge in [0.25, 0.3) is 0 Å². The summed E-state index contributed by atoms with van der Waals surface area (Å²) in [6.07, 6.45) is 0. The van der Waals surface area contributed by atoms with Gasteiger partial charge in [-0.2, -0.15) is 0 Å². The normalized spacial score (nSPS) is 21.4. The largest absolute Gasteiger partial charge is 0.497 e. The number of amides is 4. The Morgan fingerprint density at radius 1 is 0.486 bits per heavy atom. The molecule has 5 fully saturated rings. The van der Waals surface area contributed by atoms with Crippen LogP contribution in [0.1, 0.15) is 94.2 Å². The molecule has 0 saturated carbocycles. The number of benzene rings is 4. The first-order chi connectivity index (χ1) is 32.7. The quantitative estimate of drug-likeness (QED) is 0.142. The van der Waals surface area contributed by atoms with Crippen molar-refractivity contribution < 1.29 is 47.0 Å². The maximum atomic E-state index is 12.9. The van der Waals surface area contributed by atoms with E-state index in [0.29, 0.717) is 32.7 Å². The second kappa shape index (κ2) is 20.5. The van der Waals surface area contributed by atoms with E-state index in [-0.39, 0.29) is 45.7 Å². The van der Waals surface area contributed by atoms with E-state index >= 15 is 0 Å². The molecule has 0 aliphatic carbocycles. The fraction of sp³-hybridized carbons (Fsp3) is 0.500. The third kappa shape index (κ3) is 11.5. The molecule has 5 saturated heterocycles. The van der Waals surface area contributed by atoms with Crippen LogP contribution < -0.4 is 24.7 Å². The summed E-state index contributed by atoms with van der Waals surface area (Å²) in [5.74, 6) is 1.61. The van der Waals surface area contributed by atoms with Crippen LogP contribution in [0.5, 0.6) is 11.5 Å². The van der Waals surface area contributed by atoms with E-state index in [1.807, 2.05) is 200 Å². The highest BCUT2D eigenvalue weighted by molar-refractivity contribution is 9.10. The number of carbonyl (C=O) groups is 2. The minimum atomic E-state index is -0.476. The molecule has 4 aromatic rings. The Labute approximate surface area is 425 Å². The van der Waals surface area contributed by atoms with Crippen molar-refractivity contribution in [3.63, 3.8) is 0 Å². The lowest BCUT2D eigenvalue weighted by Gasteiger charge is -2.32. The van der Waals surface area contributed by atoms with Crippen LogP contribution in [0.15, 0.2) is 102 Å². The highest BCUT2D eigenvalue weighted by Gasteiger charge is 2.63. The number of ether oxygens (including phenoxy) is 2. The fourth-order valence-electron chi connectivity index (χ4n) is 8.33. The highest BCUT2D eigenvalue weighted by atomic mass is 79.9. The average molecular weight is 1020 g/mol. The van der Waals surface area contributed by atoms with E-state index < -0.39 is 21.1 Å². The fourth-order valence-corrected chi connectivity index (χ4v) is 8.60. The van der Waals surface area contributed by atoms with Crippen molar-refractivity contribution in [1.29, 1.82) is 0 Å². The number of urea groups is 2. The van der Waals surface area contributed by atoms with E-state index in [2.05, 4.69) is 15.9 Å². The molecule has 0 N–H and O–H groups in total. The molecule has 374 valence electrons. The zero-order chi connectivity index (χ0) is 51.0. The first-order valence-corrected chi connectivity index (χ1v) is 24.9. The number of methoxy groups -OCH3 is 2. The minimum Gasteiger partial charge on any atom is -0.497 e. The molecule has 0 unspecified atom stereocenters. The molecule has 4 aromatic carbocycles. The second-order valence-corrected chi connectivity index (χ2v) is 22.2. The van der Waals surface area contributed by atoms with Crippen LogP contribution in [-0.2, 0) is 41.0 Å². The topological polar surface area (TPSA) is 121 Å². The van der Waals surface area contributed by atoms with Crippen LogP contribution in [0.2, 0.25) is 0 Å². The summed E-state index contributed by atoms with van der Waals surface area (Å²) in [5, 5.41) is 0. The number of rotatable bonds is 10. The van der Waals surface area contributed by atoms with E-state index in [1.54, 1.807) is 14.2 Å². The van der Waals surface area contributed by atoms with Crippen molar-refractivity contribution in [2.45, 2.75) is 130 Å². The first-order valence-electron chi connectivity index (χ1n) is 24.1. The van der Waals surface area contributed by atoms with Gasteiger partial charge in [0.2, 0.25) is 0 Å². The smallest absolute Gasteiger partial charge is 0.494 e. The van der Waals surface area contributed by atoms with E-state index in [4.69, 9.17) is 37.4 Å². The summed E-state index contributed by atoms with van der Waals surface area (Å²) in [6.45, 7) is 28.3. The summed E-state index contributed by atoms with van der Waals surface area (Å²) in [7, 11) is 1.94. The predicted molar refractivity (Wildman–Crippen MR) is 281 cm³/mol. The predicted octanol–water partition coefficient (Wildman–Crippen LogP) is 9.59. The number of nitrogens with zero attached hydrogens (tertiary/aromatic N) is 4. The summed E-state index contributed by atoms with van der Waals surface area (Å²) in [4.78, 5) is 32.8. The molecule has 0 atom stereocenters. The molecular formula is C52H70B3BrN4O10. The van der Waals surface area contributed by atoms with Gasteiger partial charge in [0, 0.05) is 55.1 Å². The third-order valence-electron chi connectivity index (χ3n) is 14.8. The zero-order valence-corrected chi connectivity index (χ0v) is 45.0. The molecule has 9 rings (SSSR count). The Morgan fingerprint density at radius 2 is 0.829 bits per heavy atom. The van der Waals surface area contributed by atoms with Crippen molar-refractivity contribution in [1.82, 2.24) is 9.80 Å². The maximum Gasteiger partial charge on any atom is 0.494 e. The molecule has 14 nitrogen and oxygen atoms in total. The van der Waals surface area contributed by atoms with E-state index in [0.717, 1.165) is 50.5 Å². The van der Waals surface area contributed by atoms with Crippen molar-refractivity contribution in [3.05, 3.63) is 113 Å². The third-order valence-corrected chi connectivity index (χ3v) is 15.4. The molecule has 0 radical (unpaired) electrons. The lowest BCUT2D eigenvalue weighted by Crippen LogP contribution is -2.41. The van der Waals surface area contributed by atoms with Crippen LogP contribution in [0, 0.1) is 0 Å². The van der Waals surface area contributed by atoms with Crippen LogP contribution in [-0.4, -0.2) is 117 Å². The van der Waals surface area contributed by atoms with Gasteiger partial charge in [-0.1, -0.05) is 52.3 Å². The zero-order valence-electron chi connectivity index (χ0n) is 43.5. The Balaban J connectivity index is 0.000000161. The Morgan fingerprint density at radius 3 is 1.19 bits per heavy atom. The number of halogens is 1. The molecule has 5 aliphatic heterocycles. The first kappa shape index (κ1) is 53.3. The standard InChI is InChI=1S/C23H29BN2O4.C17H17BrN2O2.C12H24B2O4/c1-22(2)23(3,4)30-24(29-22)18-9-11-19(12-10-18)26-14-13-25(21(26)27)16-17-7-6-8-20(15-17)28-5;1-22-16-4-2-3-13(11-16)12-19-9-10-20(17(19)21)15-7-5-14(18)6-8-15;1-9(2)10(3,4)16-13(15-9)14-17-11(5,6)12(7,8)18-14/h6-12,15H,13-14,16H2,1-5H3;2-8,11H,9-10,12H2,1H3;1-8H3. The van der Waals surface area contributed by atoms with Gasteiger partial charge >= 0.3 is 33.2 Å². The monoisotopic (exact) mass is 1020 g/mol. The summed E-state index contributed by atoms with van der Waals surface area (Å²) in [5.41, 5.74) is 2.72. The van der Waals surface area contributed by atoms with Crippen LogP contribution in [0.4, 0.5) is 21.0 Å².